The van der Waals surface area contributed by atoms with Gasteiger partial charge in [0.15, 0.2) is 0 Å². The van der Waals surface area contributed by atoms with E-state index in [4.69, 9.17) is 11.6 Å². The lowest BCUT2D eigenvalue weighted by molar-refractivity contribution is 0.0792. The highest BCUT2D eigenvalue weighted by Gasteiger charge is 2.18. The summed E-state index contributed by atoms with van der Waals surface area (Å²) in [4.78, 5) is 19.3. The van der Waals surface area contributed by atoms with Gasteiger partial charge < -0.3 is 10.4 Å². The number of aliphatic hydroxyl groups excluding tert-OH is 1. The number of nitrogens with one attached hydrogen (secondary N) is 1. The van der Waals surface area contributed by atoms with Crippen LogP contribution in [0.25, 0.3) is 5.65 Å². The van der Waals surface area contributed by atoms with Crippen LogP contribution in [0.15, 0.2) is 48.8 Å². The Morgan fingerprint density at radius 3 is 2.85 bits per heavy atom. The number of fused-ring (bicyclic) bond motifs is 1. The lowest BCUT2D eigenvalue weighted by Crippen LogP contribution is -2.35. The zero-order chi connectivity index (χ0) is 18.8. The van der Waals surface area contributed by atoms with E-state index in [-0.39, 0.29) is 12.0 Å². The van der Waals surface area contributed by atoms with Crippen molar-refractivity contribution >= 4 is 28.8 Å². The van der Waals surface area contributed by atoms with Gasteiger partial charge in [0.25, 0.3) is 5.91 Å². The second-order valence-corrected chi connectivity index (χ2v) is 7.31. The molecular formula is C20H21ClN4O2. The molecule has 7 heteroatoms. The molecule has 1 fully saturated rings. The zero-order valence-electron chi connectivity index (χ0n) is 14.8. The summed E-state index contributed by atoms with van der Waals surface area (Å²) in [7, 11) is 0. The number of carbonyl (C=O) groups is 1. The molecule has 1 aliphatic rings. The van der Waals surface area contributed by atoms with Crippen molar-refractivity contribution in [3.63, 3.8) is 0 Å². The fourth-order valence-corrected chi connectivity index (χ4v) is 3.58. The fourth-order valence-electron chi connectivity index (χ4n) is 3.39. The second kappa shape index (κ2) is 7.68. The molecule has 0 spiro atoms. The molecule has 0 aliphatic carbocycles. The van der Waals surface area contributed by atoms with Crippen LogP contribution < -0.4 is 5.32 Å². The normalized spacial score (nSPS) is 15.9. The van der Waals surface area contributed by atoms with Crippen LogP contribution in [-0.2, 0) is 6.54 Å². The van der Waals surface area contributed by atoms with E-state index in [0.29, 0.717) is 16.4 Å². The molecule has 1 amide bonds. The van der Waals surface area contributed by atoms with E-state index in [1.54, 1.807) is 34.9 Å². The van der Waals surface area contributed by atoms with Crippen molar-refractivity contribution in [2.24, 2.45) is 0 Å². The van der Waals surface area contributed by atoms with Crippen molar-refractivity contribution < 1.29 is 9.90 Å². The molecule has 3 aromatic rings. The maximum Gasteiger partial charge on any atom is 0.274 e. The van der Waals surface area contributed by atoms with Gasteiger partial charge in [-0.3, -0.25) is 14.1 Å². The van der Waals surface area contributed by atoms with Gasteiger partial charge in [-0.25, -0.2) is 4.98 Å². The van der Waals surface area contributed by atoms with Crippen molar-refractivity contribution in [2.45, 2.75) is 25.5 Å². The molecule has 3 heterocycles. The first-order chi connectivity index (χ1) is 13.1. The Morgan fingerprint density at radius 2 is 2.07 bits per heavy atom. The van der Waals surface area contributed by atoms with Crippen LogP contribution in [0, 0.1) is 0 Å². The smallest absolute Gasteiger partial charge is 0.274 e. The monoisotopic (exact) mass is 384 g/mol. The SMILES string of the molecule is O=C(Nc1cccc(Cl)c1)c1cnc2cc(CN3CCC(O)CC3)ccn12. The maximum atomic E-state index is 12.6. The highest BCUT2D eigenvalue weighted by atomic mass is 35.5. The van der Waals surface area contributed by atoms with Crippen LogP contribution >= 0.6 is 11.6 Å². The van der Waals surface area contributed by atoms with Crippen LogP contribution in [0.2, 0.25) is 5.02 Å². The molecule has 1 saturated heterocycles. The van der Waals surface area contributed by atoms with E-state index in [0.717, 1.165) is 43.7 Å². The zero-order valence-corrected chi connectivity index (χ0v) is 15.6. The summed E-state index contributed by atoms with van der Waals surface area (Å²) in [5.74, 6) is -0.234. The highest BCUT2D eigenvalue weighted by Crippen LogP contribution is 2.18. The summed E-state index contributed by atoms with van der Waals surface area (Å²) in [5.41, 5.74) is 3.00. The Bertz CT molecular complexity index is 964. The highest BCUT2D eigenvalue weighted by molar-refractivity contribution is 6.30. The van der Waals surface area contributed by atoms with E-state index in [1.165, 1.54) is 0 Å². The molecule has 2 aromatic heterocycles. The van der Waals surface area contributed by atoms with E-state index >= 15 is 0 Å². The molecular weight excluding hydrogens is 364 g/mol. The summed E-state index contributed by atoms with van der Waals surface area (Å²) in [6.45, 7) is 2.61. The maximum absolute atomic E-state index is 12.6. The van der Waals surface area contributed by atoms with Crippen LogP contribution in [0.4, 0.5) is 5.69 Å². The van der Waals surface area contributed by atoms with Crippen molar-refractivity contribution in [3.05, 3.63) is 65.1 Å². The number of hydrogen-bond acceptors (Lipinski definition) is 4. The number of nitrogens with zero attached hydrogens (tertiary/aromatic N) is 3. The summed E-state index contributed by atoms with van der Waals surface area (Å²) >= 11 is 5.97. The number of rotatable bonds is 4. The Labute approximate surface area is 162 Å². The van der Waals surface area contributed by atoms with Gasteiger partial charge in [-0.1, -0.05) is 17.7 Å². The minimum Gasteiger partial charge on any atom is -0.393 e. The number of likely N-dealkylation sites (tertiary alicyclic amines) is 1. The summed E-state index contributed by atoms with van der Waals surface area (Å²) in [5, 5.41) is 13.0. The van der Waals surface area contributed by atoms with Gasteiger partial charge >= 0.3 is 0 Å². The molecule has 0 saturated carbocycles. The Morgan fingerprint density at radius 1 is 1.26 bits per heavy atom. The van der Waals surface area contributed by atoms with Crippen LogP contribution in [0.5, 0.6) is 0 Å². The Hall–Kier alpha value is -2.41. The number of amides is 1. The first kappa shape index (κ1) is 18.0. The molecule has 2 N–H and O–H groups in total. The van der Waals surface area contributed by atoms with Crippen molar-refractivity contribution in [1.82, 2.24) is 14.3 Å². The number of piperidine rings is 1. The lowest BCUT2D eigenvalue weighted by atomic mass is 10.1. The number of benzene rings is 1. The van der Waals surface area contributed by atoms with Gasteiger partial charge in [0, 0.05) is 36.5 Å². The predicted octanol–water partition coefficient (Wildman–Crippen LogP) is 3.20. The van der Waals surface area contributed by atoms with E-state index in [1.807, 2.05) is 18.3 Å². The molecule has 4 rings (SSSR count). The average Bonchev–Trinajstić information content (AvgIpc) is 3.07. The van der Waals surface area contributed by atoms with Gasteiger partial charge in [0.2, 0.25) is 0 Å². The van der Waals surface area contributed by atoms with Crippen LogP contribution in [-0.4, -0.2) is 44.5 Å². The largest absolute Gasteiger partial charge is 0.393 e. The third-order valence-electron chi connectivity index (χ3n) is 4.86. The number of pyridine rings is 1. The summed E-state index contributed by atoms with van der Waals surface area (Å²) < 4.78 is 1.78. The van der Waals surface area contributed by atoms with E-state index < -0.39 is 0 Å². The number of aliphatic hydroxyl groups is 1. The number of anilines is 1. The van der Waals surface area contributed by atoms with Gasteiger partial charge in [0.05, 0.1) is 12.3 Å². The number of imidazole rings is 1. The van der Waals surface area contributed by atoms with E-state index in [9.17, 15) is 9.90 Å². The minimum absolute atomic E-state index is 0.170. The first-order valence-electron chi connectivity index (χ1n) is 9.02. The number of hydrogen-bond donors (Lipinski definition) is 2. The summed E-state index contributed by atoms with van der Waals surface area (Å²) in [6.07, 6.45) is 4.93. The molecule has 0 bridgehead atoms. The number of carbonyl (C=O) groups excluding carboxylic acids is 1. The predicted molar refractivity (Wildman–Crippen MR) is 105 cm³/mol. The van der Waals surface area contributed by atoms with E-state index in [2.05, 4.69) is 15.2 Å². The topological polar surface area (TPSA) is 69.9 Å². The number of aromatic nitrogens is 2. The standard InChI is InChI=1S/C20H21ClN4O2/c21-15-2-1-3-16(11-15)23-20(27)18-12-22-19-10-14(4-9-25(18)19)13-24-7-5-17(26)6-8-24/h1-4,9-12,17,26H,5-8,13H2,(H,23,27). The molecule has 27 heavy (non-hydrogen) atoms. The molecule has 0 atom stereocenters. The Kier molecular flexibility index (Phi) is 5.11. The lowest BCUT2D eigenvalue weighted by Gasteiger charge is -2.29. The van der Waals surface area contributed by atoms with Crippen LogP contribution in [0.1, 0.15) is 28.9 Å². The van der Waals surface area contributed by atoms with Gasteiger partial charge in [0.1, 0.15) is 11.3 Å². The van der Waals surface area contributed by atoms with Gasteiger partial charge in [-0.15, -0.1) is 0 Å². The van der Waals surface area contributed by atoms with Gasteiger partial charge in [-0.2, -0.15) is 0 Å². The molecule has 0 unspecified atom stereocenters. The third-order valence-corrected chi connectivity index (χ3v) is 5.09. The fraction of sp³-hybridized carbons (Fsp3) is 0.300. The quantitative estimate of drug-likeness (QED) is 0.724. The first-order valence-corrected chi connectivity index (χ1v) is 9.39. The van der Waals surface area contributed by atoms with Crippen molar-refractivity contribution in [2.75, 3.05) is 18.4 Å². The average molecular weight is 385 g/mol. The summed E-state index contributed by atoms with van der Waals surface area (Å²) in [6, 6.07) is 11.1. The van der Waals surface area contributed by atoms with Crippen LogP contribution in [0.3, 0.4) is 0 Å². The molecule has 1 aliphatic heterocycles. The van der Waals surface area contributed by atoms with Crippen molar-refractivity contribution in [1.29, 1.82) is 0 Å². The second-order valence-electron chi connectivity index (χ2n) is 6.88. The van der Waals surface area contributed by atoms with Gasteiger partial charge in [-0.05, 0) is 48.7 Å². The Balaban J connectivity index is 1.49. The molecule has 140 valence electrons. The molecule has 0 radical (unpaired) electrons. The molecule has 1 aromatic carbocycles. The minimum atomic E-state index is -0.234. The van der Waals surface area contributed by atoms with Crippen molar-refractivity contribution in [3.8, 4) is 0 Å². The third kappa shape index (κ3) is 4.13. The number of halogens is 1. The molecule has 6 nitrogen and oxygen atoms in total.